The van der Waals surface area contributed by atoms with Crippen LogP contribution in [-0.2, 0) is 6.54 Å². The van der Waals surface area contributed by atoms with Crippen molar-refractivity contribution in [2.45, 2.75) is 46.3 Å². The van der Waals surface area contributed by atoms with Crippen LogP contribution in [0.2, 0.25) is 0 Å². The predicted octanol–water partition coefficient (Wildman–Crippen LogP) is 2.19. The van der Waals surface area contributed by atoms with Crippen molar-refractivity contribution in [2.75, 3.05) is 0 Å². The summed E-state index contributed by atoms with van der Waals surface area (Å²) < 4.78 is 7.28. The molecule has 3 heterocycles. The van der Waals surface area contributed by atoms with E-state index in [-0.39, 0.29) is 18.0 Å². The molecule has 3 aromatic heterocycles. The van der Waals surface area contributed by atoms with E-state index in [1.807, 2.05) is 26.0 Å². The Morgan fingerprint density at radius 2 is 1.92 bits per heavy atom. The van der Waals surface area contributed by atoms with Gasteiger partial charge in [0.15, 0.2) is 5.82 Å². The minimum Gasteiger partial charge on any atom is -0.337 e. The molecule has 0 spiro atoms. The van der Waals surface area contributed by atoms with E-state index in [9.17, 15) is 0 Å². The molecule has 0 amide bonds. The molecule has 9 heteroatoms. The summed E-state index contributed by atoms with van der Waals surface area (Å²) in [6, 6.07) is 3.80. The number of rotatable bonds is 7. The van der Waals surface area contributed by atoms with Gasteiger partial charge < -0.3 is 4.52 Å². The van der Waals surface area contributed by atoms with Crippen molar-refractivity contribution in [1.82, 2.24) is 40.6 Å². The van der Waals surface area contributed by atoms with Crippen LogP contribution in [-0.4, -0.2) is 35.3 Å². The van der Waals surface area contributed by atoms with Gasteiger partial charge in [0.1, 0.15) is 0 Å². The largest absolute Gasteiger partial charge is 0.337 e. The van der Waals surface area contributed by atoms with Crippen LogP contribution in [0.5, 0.6) is 0 Å². The summed E-state index contributed by atoms with van der Waals surface area (Å²) >= 11 is 0. The summed E-state index contributed by atoms with van der Waals surface area (Å²) in [6.07, 6.45) is 3.41. The number of tetrazole rings is 1. The number of aromatic nitrogens is 7. The molecule has 3 rings (SSSR count). The Kier molecular flexibility index (Phi) is 5.13. The summed E-state index contributed by atoms with van der Waals surface area (Å²) in [5, 5.41) is 19.3. The summed E-state index contributed by atoms with van der Waals surface area (Å²) in [5.41, 5.74) is 0.872. The van der Waals surface area contributed by atoms with Crippen molar-refractivity contribution >= 4 is 0 Å². The highest BCUT2D eigenvalue weighted by Crippen LogP contribution is 2.23. The summed E-state index contributed by atoms with van der Waals surface area (Å²) in [4.78, 5) is 8.53. The molecule has 0 radical (unpaired) electrons. The first-order valence-corrected chi connectivity index (χ1v) is 8.30. The Labute approximate surface area is 145 Å². The lowest BCUT2D eigenvalue weighted by Gasteiger charge is -2.18. The van der Waals surface area contributed by atoms with E-state index in [1.165, 1.54) is 0 Å². The molecule has 25 heavy (non-hydrogen) atoms. The van der Waals surface area contributed by atoms with Crippen molar-refractivity contribution in [3.63, 3.8) is 0 Å². The zero-order valence-corrected chi connectivity index (χ0v) is 14.8. The van der Waals surface area contributed by atoms with Gasteiger partial charge in [-0.15, -0.1) is 5.10 Å². The van der Waals surface area contributed by atoms with E-state index in [2.05, 4.69) is 49.8 Å². The van der Waals surface area contributed by atoms with Gasteiger partial charge in [-0.2, -0.15) is 4.98 Å². The number of nitrogens with zero attached hydrogens (tertiary/aromatic N) is 7. The Bertz CT molecular complexity index is 795. The monoisotopic (exact) mass is 342 g/mol. The molecule has 0 saturated carbocycles. The van der Waals surface area contributed by atoms with E-state index in [1.54, 1.807) is 17.1 Å². The summed E-state index contributed by atoms with van der Waals surface area (Å²) in [6.45, 7) is 8.79. The highest BCUT2D eigenvalue weighted by atomic mass is 16.5. The van der Waals surface area contributed by atoms with E-state index in [0.717, 1.165) is 11.4 Å². The van der Waals surface area contributed by atoms with Gasteiger partial charge in [0, 0.05) is 18.0 Å². The van der Waals surface area contributed by atoms with Gasteiger partial charge in [0.05, 0.1) is 18.6 Å². The zero-order valence-electron chi connectivity index (χ0n) is 14.8. The molecule has 9 nitrogen and oxygen atoms in total. The Morgan fingerprint density at radius 3 is 2.60 bits per heavy atom. The second-order valence-corrected chi connectivity index (χ2v) is 6.43. The molecule has 1 N–H and O–H groups in total. The zero-order chi connectivity index (χ0) is 17.8. The van der Waals surface area contributed by atoms with E-state index < -0.39 is 0 Å². The molecule has 0 aromatic carbocycles. The van der Waals surface area contributed by atoms with E-state index >= 15 is 0 Å². The van der Waals surface area contributed by atoms with E-state index in [0.29, 0.717) is 18.3 Å². The van der Waals surface area contributed by atoms with Gasteiger partial charge in [0.25, 0.3) is 0 Å². The first-order valence-electron chi connectivity index (χ1n) is 8.30. The highest BCUT2D eigenvalue weighted by molar-refractivity contribution is 5.52. The average molecular weight is 342 g/mol. The topological polar surface area (TPSA) is 107 Å². The van der Waals surface area contributed by atoms with Crippen LogP contribution < -0.4 is 5.32 Å². The van der Waals surface area contributed by atoms with E-state index in [4.69, 9.17) is 4.52 Å². The normalized spacial score (nSPS) is 12.9. The molecule has 0 bridgehead atoms. The van der Waals surface area contributed by atoms with Crippen molar-refractivity contribution in [3.05, 3.63) is 36.2 Å². The first-order chi connectivity index (χ1) is 12.1. The van der Waals surface area contributed by atoms with Crippen molar-refractivity contribution in [2.24, 2.45) is 5.92 Å². The lowest BCUT2D eigenvalue weighted by Crippen LogP contribution is -2.27. The summed E-state index contributed by atoms with van der Waals surface area (Å²) in [5.74, 6) is 2.13. The fourth-order valence-corrected chi connectivity index (χ4v) is 2.52. The highest BCUT2D eigenvalue weighted by Gasteiger charge is 2.23. The maximum atomic E-state index is 5.49. The van der Waals surface area contributed by atoms with Crippen LogP contribution in [0.3, 0.4) is 0 Å². The van der Waals surface area contributed by atoms with Gasteiger partial charge in [0.2, 0.25) is 11.7 Å². The molecule has 0 aliphatic carbocycles. The number of hydrogen-bond donors (Lipinski definition) is 1. The lowest BCUT2D eigenvalue weighted by molar-refractivity contribution is 0.284. The third-order valence-corrected chi connectivity index (χ3v) is 3.84. The fraction of sp³-hybridized carbons (Fsp3) is 0.500. The van der Waals surface area contributed by atoms with Crippen molar-refractivity contribution in [3.8, 4) is 11.4 Å². The molecule has 132 valence electrons. The SMILES string of the molecule is CC(C)[C@@H](NCc1nnnn1C(C)C)c1nc(-c2ccncc2)no1. The van der Waals surface area contributed by atoms with Gasteiger partial charge in [-0.05, 0) is 42.3 Å². The Hall–Kier alpha value is -2.68. The summed E-state index contributed by atoms with van der Waals surface area (Å²) in [7, 11) is 0. The van der Waals surface area contributed by atoms with Crippen LogP contribution in [0.4, 0.5) is 0 Å². The molecule has 0 unspecified atom stereocenters. The molecule has 0 fully saturated rings. The van der Waals surface area contributed by atoms with Gasteiger partial charge in [-0.1, -0.05) is 19.0 Å². The minimum atomic E-state index is -0.0969. The lowest BCUT2D eigenvalue weighted by atomic mass is 10.0. The Balaban J connectivity index is 1.76. The quantitative estimate of drug-likeness (QED) is 0.696. The van der Waals surface area contributed by atoms with Gasteiger partial charge in [-0.25, -0.2) is 4.68 Å². The molecule has 3 aromatic rings. The third kappa shape index (κ3) is 3.87. The Morgan fingerprint density at radius 1 is 1.16 bits per heavy atom. The molecule has 0 aliphatic rings. The molecule has 0 aliphatic heterocycles. The molecule has 0 saturated heterocycles. The predicted molar refractivity (Wildman–Crippen MR) is 90.1 cm³/mol. The van der Waals surface area contributed by atoms with Crippen LogP contribution in [0.1, 0.15) is 51.5 Å². The van der Waals surface area contributed by atoms with Crippen LogP contribution in [0.15, 0.2) is 29.0 Å². The smallest absolute Gasteiger partial charge is 0.244 e. The second kappa shape index (κ2) is 7.47. The van der Waals surface area contributed by atoms with Gasteiger partial charge >= 0.3 is 0 Å². The average Bonchev–Trinajstić information content (AvgIpc) is 3.25. The number of nitrogens with one attached hydrogen (secondary N) is 1. The maximum absolute atomic E-state index is 5.49. The van der Waals surface area contributed by atoms with Crippen LogP contribution in [0.25, 0.3) is 11.4 Å². The van der Waals surface area contributed by atoms with Crippen molar-refractivity contribution in [1.29, 1.82) is 0 Å². The standard InChI is InChI=1S/C16H22N8O/c1-10(2)14(18-9-13-20-22-23-24(13)11(3)4)16-19-15(21-25-16)12-5-7-17-8-6-12/h5-8,10-11,14,18H,9H2,1-4H3/t14-/m1/s1. The van der Waals surface area contributed by atoms with Crippen molar-refractivity contribution < 1.29 is 4.52 Å². The number of pyridine rings is 1. The molecular weight excluding hydrogens is 320 g/mol. The minimum absolute atomic E-state index is 0.0969. The molecule has 1 atom stereocenters. The van der Waals surface area contributed by atoms with Gasteiger partial charge in [-0.3, -0.25) is 10.3 Å². The van der Waals surface area contributed by atoms with Crippen LogP contribution in [0, 0.1) is 5.92 Å². The van der Waals surface area contributed by atoms with Crippen LogP contribution >= 0.6 is 0 Å². The number of hydrogen-bond acceptors (Lipinski definition) is 8. The third-order valence-electron chi connectivity index (χ3n) is 3.84. The molecular formula is C16H22N8O. The second-order valence-electron chi connectivity index (χ2n) is 6.43. The maximum Gasteiger partial charge on any atom is 0.244 e. The fourth-order valence-electron chi connectivity index (χ4n) is 2.52. The first kappa shape index (κ1) is 17.2.